The van der Waals surface area contributed by atoms with Gasteiger partial charge >= 0.3 is 0 Å². The van der Waals surface area contributed by atoms with Crippen LogP contribution in [0.1, 0.15) is 19.8 Å². The fourth-order valence-corrected chi connectivity index (χ4v) is 3.60. The molecule has 1 aliphatic carbocycles. The number of aromatic nitrogens is 2. The van der Waals surface area contributed by atoms with Crippen LogP contribution in [0.3, 0.4) is 0 Å². The van der Waals surface area contributed by atoms with Crippen molar-refractivity contribution in [2.24, 2.45) is 18.7 Å². The number of hydrogen-bond donors (Lipinski definition) is 2. The minimum Gasteiger partial charge on any atom is -0.329 e. The summed E-state index contributed by atoms with van der Waals surface area (Å²) in [5.74, 6) is 0.343. The third-order valence-electron chi connectivity index (χ3n) is 3.32. The lowest BCUT2D eigenvalue weighted by Crippen LogP contribution is -2.53. The predicted molar refractivity (Wildman–Crippen MR) is 63.7 cm³/mol. The van der Waals surface area contributed by atoms with Crippen molar-refractivity contribution in [3.63, 3.8) is 0 Å². The number of aryl methyl sites for hydroxylation is 1. The molecule has 1 aromatic heterocycles. The molecule has 2 rings (SSSR count). The van der Waals surface area contributed by atoms with Crippen LogP contribution in [-0.4, -0.2) is 30.3 Å². The molecule has 96 valence electrons. The molecule has 1 saturated carbocycles. The number of nitrogens with zero attached hydrogens (tertiary/aromatic N) is 2. The molecule has 0 radical (unpaired) electrons. The van der Waals surface area contributed by atoms with Crippen LogP contribution in [0.25, 0.3) is 0 Å². The van der Waals surface area contributed by atoms with E-state index in [1.54, 1.807) is 7.05 Å². The maximum absolute atomic E-state index is 12.2. The van der Waals surface area contributed by atoms with E-state index >= 15 is 0 Å². The molecule has 0 amide bonds. The lowest BCUT2D eigenvalue weighted by atomic mass is 9.98. The molecule has 0 aliphatic heterocycles. The number of sulfonamides is 1. The summed E-state index contributed by atoms with van der Waals surface area (Å²) in [6.45, 7) is 2.16. The zero-order chi connectivity index (χ0) is 12.7. The van der Waals surface area contributed by atoms with Crippen LogP contribution in [0.15, 0.2) is 17.3 Å². The third-order valence-corrected chi connectivity index (χ3v) is 5.01. The monoisotopic (exact) mass is 258 g/mol. The van der Waals surface area contributed by atoms with E-state index in [1.807, 2.05) is 6.92 Å². The van der Waals surface area contributed by atoms with Gasteiger partial charge in [-0.25, -0.2) is 13.1 Å². The SMILES string of the molecule is Cn1nccc1S(=O)(=O)NC(C)(CN)C1CC1. The van der Waals surface area contributed by atoms with Gasteiger partial charge < -0.3 is 5.73 Å². The molecule has 7 heteroatoms. The molecule has 6 nitrogen and oxygen atoms in total. The number of nitrogens with one attached hydrogen (secondary N) is 1. The molecular weight excluding hydrogens is 240 g/mol. The van der Waals surface area contributed by atoms with Gasteiger partial charge in [-0.15, -0.1) is 0 Å². The van der Waals surface area contributed by atoms with Crippen molar-refractivity contribution in [1.29, 1.82) is 0 Å². The van der Waals surface area contributed by atoms with E-state index in [2.05, 4.69) is 9.82 Å². The molecule has 1 atom stereocenters. The molecule has 0 aromatic carbocycles. The van der Waals surface area contributed by atoms with Crippen LogP contribution in [-0.2, 0) is 17.1 Å². The van der Waals surface area contributed by atoms with E-state index in [0.29, 0.717) is 12.5 Å². The van der Waals surface area contributed by atoms with Crippen LogP contribution in [0.4, 0.5) is 0 Å². The Morgan fingerprint density at radius 1 is 1.65 bits per heavy atom. The van der Waals surface area contributed by atoms with Crippen LogP contribution in [0, 0.1) is 5.92 Å². The first-order valence-electron chi connectivity index (χ1n) is 5.61. The van der Waals surface area contributed by atoms with Gasteiger partial charge in [-0.3, -0.25) is 4.68 Å². The highest BCUT2D eigenvalue weighted by molar-refractivity contribution is 7.89. The van der Waals surface area contributed by atoms with Gasteiger partial charge in [-0.1, -0.05) is 0 Å². The van der Waals surface area contributed by atoms with Crippen molar-refractivity contribution >= 4 is 10.0 Å². The third kappa shape index (κ3) is 2.36. The van der Waals surface area contributed by atoms with Gasteiger partial charge in [0.15, 0.2) is 5.03 Å². The van der Waals surface area contributed by atoms with E-state index in [4.69, 9.17) is 5.73 Å². The molecule has 0 spiro atoms. The van der Waals surface area contributed by atoms with Crippen molar-refractivity contribution in [2.45, 2.75) is 30.3 Å². The second-order valence-corrected chi connectivity index (χ2v) is 6.42. The van der Waals surface area contributed by atoms with Crippen molar-refractivity contribution in [3.8, 4) is 0 Å². The van der Waals surface area contributed by atoms with Gasteiger partial charge in [0.25, 0.3) is 10.0 Å². The fraction of sp³-hybridized carbons (Fsp3) is 0.700. The van der Waals surface area contributed by atoms with Gasteiger partial charge in [0.1, 0.15) is 0 Å². The molecule has 17 heavy (non-hydrogen) atoms. The average molecular weight is 258 g/mol. The molecule has 1 aliphatic rings. The van der Waals surface area contributed by atoms with Crippen molar-refractivity contribution in [1.82, 2.24) is 14.5 Å². The van der Waals surface area contributed by atoms with E-state index < -0.39 is 15.6 Å². The Balaban J connectivity index is 2.26. The van der Waals surface area contributed by atoms with Gasteiger partial charge in [-0.05, 0) is 31.7 Å². The highest BCUT2D eigenvalue weighted by Crippen LogP contribution is 2.39. The number of nitrogens with two attached hydrogens (primary N) is 1. The number of rotatable bonds is 5. The summed E-state index contributed by atoms with van der Waals surface area (Å²) >= 11 is 0. The molecule has 3 N–H and O–H groups in total. The predicted octanol–water partition coefficient (Wildman–Crippen LogP) is -0.174. The maximum Gasteiger partial charge on any atom is 0.258 e. The minimum absolute atomic E-state index is 0.165. The van der Waals surface area contributed by atoms with Crippen molar-refractivity contribution in [3.05, 3.63) is 12.3 Å². The Kier molecular flexibility index (Phi) is 3.01. The molecule has 1 fully saturated rings. The van der Waals surface area contributed by atoms with E-state index in [1.165, 1.54) is 16.9 Å². The zero-order valence-corrected chi connectivity index (χ0v) is 10.9. The lowest BCUT2D eigenvalue weighted by Gasteiger charge is -2.28. The maximum atomic E-state index is 12.2. The van der Waals surface area contributed by atoms with Crippen molar-refractivity contribution < 1.29 is 8.42 Å². The molecule has 0 saturated heterocycles. The fourth-order valence-electron chi connectivity index (χ4n) is 2.00. The second kappa shape index (κ2) is 4.08. The Bertz CT molecular complexity index is 506. The Labute approximate surface area is 101 Å². The van der Waals surface area contributed by atoms with Crippen molar-refractivity contribution in [2.75, 3.05) is 6.54 Å². The first-order valence-corrected chi connectivity index (χ1v) is 7.09. The highest BCUT2D eigenvalue weighted by Gasteiger charge is 2.43. The summed E-state index contributed by atoms with van der Waals surface area (Å²) in [5.41, 5.74) is 5.14. The van der Waals surface area contributed by atoms with Gasteiger partial charge in [0, 0.05) is 19.1 Å². The van der Waals surface area contributed by atoms with E-state index in [0.717, 1.165) is 12.8 Å². The summed E-state index contributed by atoms with van der Waals surface area (Å²) in [7, 11) is -1.95. The summed E-state index contributed by atoms with van der Waals surface area (Å²) in [6, 6.07) is 1.48. The Morgan fingerprint density at radius 2 is 2.29 bits per heavy atom. The van der Waals surface area contributed by atoms with E-state index in [-0.39, 0.29) is 5.03 Å². The summed E-state index contributed by atoms with van der Waals surface area (Å²) in [5, 5.41) is 4.03. The quantitative estimate of drug-likeness (QED) is 0.767. The van der Waals surface area contributed by atoms with E-state index in [9.17, 15) is 8.42 Å². The standard InChI is InChI=1S/C10H18N4O2S/c1-10(7-11,8-3-4-8)13-17(15,16)9-5-6-12-14(9)2/h5-6,8,13H,3-4,7,11H2,1-2H3. The molecular formula is C10H18N4O2S. The molecule has 1 heterocycles. The normalized spacial score (nSPS) is 20.2. The first kappa shape index (κ1) is 12.5. The summed E-state index contributed by atoms with van der Waals surface area (Å²) < 4.78 is 28.4. The second-order valence-electron chi connectivity index (χ2n) is 4.79. The summed E-state index contributed by atoms with van der Waals surface area (Å²) in [6.07, 6.45) is 3.52. The average Bonchev–Trinajstić information content (AvgIpc) is 3.01. The smallest absolute Gasteiger partial charge is 0.258 e. The van der Waals surface area contributed by atoms with Gasteiger partial charge in [-0.2, -0.15) is 5.10 Å². The topological polar surface area (TPSA) is 90.0 Å². The Hall–Kier alpha value is -0.920. The first-order chi connectivity index (χ1) is 7.89. The largest absolute Gasteiger partial charge is 0.329 e. The number of hydrogen-bond acceptors (Lipinski definition) is 4. The Morgan fingerprint density at radius 3 is 2.71 bits per heavy atom. The highest BCUT2D eigenvalue weighted by atomic mass is 32.2. The van der Waals surface area contributed by atoms with Crippen LogP contribution in [0.5, 0.6) is 0 Å². The zero-order valence-electron chi connectivity index (χ0n) is 10.0. The van der Waals surface area contributed by atoms with Crippen LogP contribution < -0.4 is 10.5 Å². The molecule has 1 aromatic rings. The van der Waals surface area contributed by atoms with Crippen LogP contribution >= 0.6 is 0 Å². The van der Waals surface area contributed by atoms with Crippen LogP contribution in [0.2, 0.25) is 0 Å². The van der Waals surface area contributed by atoms with Gasteiger partial charge in [0.05, 0.1) is 6.20 Å². The summed E-state index contributed by atoms with van der Waals surface area (Å²) in [4.78, 5) is 0. The minimum atomic E-state index is -3.55. The molecule has 1 unspecified atom stereocenters. The molecule has 0 bridgehead atoms. The lowest BCUT2D eigenvalue weighted by molar-refractivity contribution is 0.372. The van der Waals surface area contributed by atoms with Gasteiger partial charge in [0.2, 0.25) is 0 Å².